The van der Waals surface area contributed by atoms with Gasteiger partial charge in [-0.05, 0) is 109 Å². The minimum absolute atomic E-state index is 0.190. The summed E-state index contributed by atoms with van der Waals surface area (Å²) in [4.78, 5) is 10.4. The Morgan fingerprint density at radius 3 is 1.52 bits per heavy atom. The minimum Gasteiger partial charge on any atom is -0.252 e. The summed E-state index contributed by atoms with van der Waals surface area (Å²) in [5, 5.41) is 7.34. The molecule has 3 heteroatoms. The maximum Gasteiger partial charge on any atom is 0.0979 e. The molecule has 0 radical (unpaired) electrons. The molecule has 2 nitrogen and oxygen atoms in total. The van der Waals surface area contributed by atoms with Crippen LogP contribution in [0.5, 0.6) is 0 Å². The number of nitrogens with zero attached hydrogens (tertiary/aromatic N) is 2. The zero-order valence-corrected chi connectivity index (χ0v) is 32.9. The van der Waals surface area contributed by atoms with Gasteiger partial charge >= 0.3 is 0 Å². The van der Waals surface area contributed by atoms with E-state index in [1.165, 1.54) is 86.6 Å². The first-order valence-electron chi connectivity index (χ1n) is 20.0. The van der Waals surface area contributed by atoms with Crippen LogP contribution in [0.15, 0.2) is 182 Å². The van der Waals surface area contributed by atoms with Crippen LogP contribution in [0.3, 0.4) is 0 Å². The third-order valence-corrected chi connectivity index (χ3v) is 13.7. The summed E-state index contributed by atoms with van der Waals surface area (Å²) in [6, 6.07) is 64.5. The third kappa shape index (κ3) is 5.03. The van der Waals surface area contributed by atoms with Crippen LogP contribution in [0, 0.1) is 0 Å². The van der Waals surface area contributed by atoms with E-state index in [9.17, 15) is 0 Å². The lowest BCUT2D eigenvalue weighted by molar-refractivity contribution is 0.661. The Labute approximate surface area is 340 Å². The highest BCUT2D eigenvalue weighted by molar-refractivity contribution is 7.25. The summed E-state index contributed by atoms with van der Waals surface area (Å²) in [5.74, 6) is 0. The van der Waals surface area contributed by atoms with Crippen LogP contribution in [0.1, 0.15) is 25.0 Å². The molecular formula is C55H36N2S. The van der Waals surface area contributed by atoms with E-state index in [0.717, 1.165) is 33.1 Å². The molecule has 2 heterocycles. The van der Waals surface area contributed by atoms with Crippen LogP contribution in [0.4, 0.5) is 0 Å². The van der Waals surface area contributed by atoms with Gasteiger partial charge in [0.15, 0.2) is 0 Å². The number of hydrogen-bond donors (Lipinski definition) is 0. The average molecular weight is 757 g/mol. The van der Waals surface area contributed by atoms with Crippen LogP contribution in [-0.4, -0.2) is 9.97 Å². The van der Waals surface area contributed by atoms with E-state index in [1.807, 2.05) is 17.5 Å². The Balaban J connectivity index is 0.885. The number of benzene rings is 9. The van der Waals surface area contributed by atoms with Crippen molar-refractivity contribution in [2.24, 2.45) is 0 Å². The molecule has 0 aliphatic heterocycles. The molecule has 0 saturated carbocycles. The van der Waals surface area contributed by atoms with Crippen molar-refractivity contribution in [3.8, 4) is 55.8 Å². The predicted molar refractivity (Wildman–Crippen MR) is 247 cm³/mol. The summed E-state index contributed by atoms with van der Waals surface area (Å²) in [5.41, 5.74) is 16.3. The molecule has 0 amide bonds. The number of aromatic nitrogens is 2. The Kier molecular flexibility index (Phi) is 7.18. The zero-order valence-electron chi connectivity index (χ0n) is 32.1. The van der Waals surface area contributed by atoms with E-state index in [0.29, 0.717) is 0 Å². The molecule has 1 aliphatic carbocycles. The average Bonchev–Trinajstić information content (AvgIpc) is 3.77. The van der Waals surface area contributed by atoms with E-state index in [2.05, 4.69) is 190 Å². The Morgan fingerprint density at radius 1 is 0.379 bits per heavy atom. The molecule has 0 spiro atoms. The van der Waals surface area contributed by atoms with Gasteiger partial charge in [0.1, 0.15) is 0 Å². The molecule has 0 unspecified atom stereocenters. The van der Waals surface area contributed by atoms with Gasteiger partial charge in [0, 0.05) is 41.9 Å². The molecule has 0 N–H and O–H groups in total. The normalized spacial score (nSPS) is 13.1. The molecule has 272 valence electrons. The maximum absolute atomic E-state index is 5.31. The Morgan fingerprint density at radius 2 is 0.862 bits per heavy atom. The quantitative estimate of drug-likeness (QED) is 0.167. The molecule has 11 aromatic rings. The van der Waals surface area contributed by atoms with Crippen LogP contribution in [0.25, 0.3) is 109 Å². The Hall–Kier alpha value is -6.94. The summed E-state index contributed by atoms with van der Waals surface area (Å²) in [6.45, 7) is 4.71. The zero-order chi connectivity index (χ0) is 38.5. The molecule has 1 aliphatic rings. The highest BCUT2D eigenvalue weighted by Crippen LogP contribution is 2.51. The molecule has 58 heavy (non-hydrogen) atoms. The van der Waals surface area contributed by atoms with Crippen molar-refractivity contribution in [2.45, 2.75) is 19.3 Å². The number of fused-ring (bicyclic) bond motifs is 12. The fourth-order valence-electron chi connectivity index (χ4n) is 9.50. The van der Waals surface area contributed by atoms with Crippen molar-refractivity contribution < 1.29 is 0 Å². The molecular weight excluding hydrogens is 721 g/mol. The van der Waals surface area contributed by atoms with Crippen molar-refractivity contribution in [3.63, 3.8) is 0 Å². The second-order valence-electron chi connectivity index (χ2n) is 16.2. The summed E-state index contributed by atoms with van der Waals surface area (Å²) >= 11 is 1.86. The van der Waals surface area contributed by atoms with Crippen LogP contribution >= 0.6 is 11.3 Å². The first-order chi connectivity index (χ1) is 28.5. The van der Waals surface area contributed by atoms with E-state index < -0.39 is 0 Å². The standard InChI is InChI=1S/C55H36N2S/c1-55(2)48-30-38(36-14-10-12-34(28-36)33-11-9-13-35(27-33)37-23-26-52-47(29-37)44-17-7-8-20-51(44)58-52)21-24-42(48)43-25-22-39(31-49(43)55)50-32-56-53-45-18-5-3-15-40(45)41-16-4-6-19-46(41)54(53)57-50/h3-32H,1-2H3. The highest BCUT2D eigenvalue weighted by Gasteiger charge is 2.36. The number of hydrogen-bond acceptors (Lipinski definition) is 3. The largest absolute Gasteiger partial charge is 0.252 e. The smallest absolute Gasteiger partial charge is 0.0979 e. The van der Waals surface area contributed by atoms with Gasteiger partial charge in [0.05, 0.1) is 22.9 Å². The first kappa shape index (κ1) is 33.2. The van der Waals surface area contributed by atoms with E-state index in [1.54, 1.807) is 0 Å². The molecule has 12 rings (SSSR count). The van der Waals surface area contributed by atoms with Crippen LogP contribution < -0.4 is 0 Å². The lowest BCUT2D eigenvalue weighted by atomic mass is 9.81. The van der Waals surface area contributed by atoms with E-state index in [4.69, 9.17) is 9.97 Å². The lowest BCUT2D eigenvalue weighted by Gasteiger charge is -2.22. The van der Waals surface area contributed by atoms with Crippen LogP contribution in [0.2, 0.25) is 0 Å². The van der Waals surface area contributed by atoms with Crippen molar-refractivity contribution in [3.05, 3.63) is 193 Å². The summed E-state index contributed by atoms with van der Waals surface area (Å²) in [7, 11) is 0. The molecule has 0 fully saturated rings. The molecule has 2 aromatic heterocycles. The van der Waals surface area contributed by atoms with Crippen molar-refractivity contribution >= 4 is 64.1 Å². The second-order valence-corrected chi connectivity index (χ2v) is 17.2. The van der Waals surface area contributed by atoms with Gasteiger partial charge in [-0.2, -0.15) is 0 Å². The van der Waals surface area contributed by atoms with Crippen molar-refractivity contribution in [2.75, 3.05) is 0 Å². The van der Waals surface area contributed by atoms with Gasteiger partial charge in [0.2, 0.25) is 0 Å². The summed E-state index contributed by atoms with van der Waals surface area (Å²) in [6.07, 6.45) is 1.95. The van der Waals surface area contributed by atoms with E-state index >= 15 is 0 Å². The topological polar surface area (TPSA) is 25.8 Å². The monoisotopic (exact) mass is 756 g/mol. The fourth-order valence-corrected chi connectivity index (χ4v) is 10.6. The molecule has 0 atom stereocenters. The summed E-state index contributed by atoms with van der Waals surface area (Å²) < 4.78 is 2.67. The second kappa shape index (κ2) is 12.5. The Bertz CT molecular complexity index is 3460. The number of rotatable bonds is 4. The predicted octanol–water partition coefficient (Wildman–Crippen LogP) is 15.3. The third-order valence-electron chi connectivity index (χ3n) is 12.5. The van der Waals surface area contributed by atoms with Crippen molar-refractivity contribution in [1.82, 2.24) is 9.97 Å². The number of thiophene rings is 1. The fraction of sp³-hybridized carbons (Fsp3) is 0.0545. The van der Waals surface area contributed by atoms with Gasteiger partial charge in [-0.15, -0.1) is 11.3 Å². The SMILES string of the molecule is CC1(C)c2cc(-c3cccc(-c4cccc(-c5ccc6sc7ccccc7c6c5)c4)c3)ccc2-c2ccc(-c3cnc4c5ccccc5c5ccccc5c4n3)cc21. The van der Waals surface area contributed by atoms with Gasteiger partial charge < -0.3 is 0 Å². The van der Waals surface area contributed by atoms with Crippen LogP contribution in [-0.2, 0) is 5.41 Å². The minimum atomic E-state index is -0.190. The van der Waals surface area contributed by atoms with Gasteiger partial charge in [-0.25, -0.2) is 4.98 Å². The molecule has 9 aromatic carbocycles. The van der Waals surface area contributed by atoms with Gasteiger partial charge in [0.25, 0.3) is 0 Å². The van der Waals surface area contributed by atoms with Gasteiger partial charge in [-0.1, -0.05) is 147 Å². The molecule has 0 saturated heterocycles. The van der Waals surface area contributed by atoms with E-state index in [-0.39, 0.29) is 5.41 Å². The van der Waals surface area contributed by atoms with Gasteiger partial charge in [-0.3, -0.25) is 4.98 Å². The highest BCUT2D eigenvalue weighted by atomic mass is 32.1. The lowest BCUT2D eigenvalue weighted by Crippen LogP contribution is -2.15. The maximum atomic E-state index is 5.31. The molecule has 0 bridgehead atoms. The first-order valence-corrected chi connectivity index (χ1v) is 20.8. The van der Waals surface area contributed by atoms with Crippen molar-refractivity contribution in [1.29, 1.82) is 0 Å².